The van der Waals surface area contributed by atoms with Gasteiger partial charge in [-0.15, -0.1) is 0 Å². The lowest BCUT2D eigenvalue weighted by molar-refractivity contribution is 0.401. The maximum absolute atomic E-state index is 4.14. The van der Waals surface area contributed by atoms with E-state index in [1.807, 2.05) is 7.05 Å². The molecule has 1 atom stereocenters. The zero-order valence-corrected chi connectivity index (χ0v) is 6.81. The third kappa shape index (κ3) is 4.43. The summed E-state index contributed by atoms with van der Waals surface area (Å²) in [6.07, 6.45) is 1.43. The van der Waals surface area contributed by atoms with Gasteiger partial charge >= 0.3 is 0 Å². The first kappa shape index (κ1) is 8.92. The number of nitrogens with one attached hydrogen (secondary N) is 1. The standard InChI is InChI=1S/C7H17N2/c1-5-7(8-4)9-6(2)3/h6-7,9H,5H2,1-4H3. The van der Waals surface area contributed by atoms with Crippen LogP contribution in [0.4, 0.5) is 0 Å². The van der Waals surface area contributed by atoms with E-state index in [-0.39, 0.29) is 0 Å². The molecule has 0 aromatic rings. The van der Waals surface area contributed by atoms with Gasteiger partial charge in [-0.25, -0.2) is 5.32 Å². The molecule has 0 saturated heterocycles. The van der Waals surface area contributed by atoms with Crippen LogP contribution in [0, 0.1) is 0 Å². The Balaban J connectivity index is 3.31. The van der Waals surface area contributed by atoms with Crippen LogP contribution in [0.15, 0.2) is 0 Å². The van der Waals surface area contributed by atoms with E-state index in [9.17, 15) is 0 Å². The molecule has 1 N–H and O–H groups in total. The Hall–Kier alpha value is -0.0800. The number of hydrogen-bond donors (Lipinski definition) is 1. The predicted molar refractivity (Wildman–Crippen MR) is 40.4 cm³/mol. The van der Waals surface area contributed by atoms with Crippen molar-refractivity contribution < 1.29 is 0 Å². The van der Waals surface area contributed by atoms with Crippen molar-refractivity contribution in [3.05, 3.63) is 0 Å². The number of nitrogens with zero attached hydrogens (tertiary/aromatic N) is 1. The van der Waals surface area contributed by atoms with Crippen LogP contribution in [0.25, 0.3) is 0 Å². The Morgan fingerprint density at radius 3 is 2.11 bits per heavy atom. The molecule has 0 spiro atoms. The topological polar surface area (TPSA) is 26.1 Å². The lowest BCUT2D eigenvalue weighted by Gasteiger charge is -2.16. The van der Waals surface area contributed by atoms with Gasteiger partial charge in [-0.05, 0) is 20.3 Å². The lowest BCUT2D eigenvalue weighted by atomic mass is 10.3. The molecule has 2 nitrogen and oxygen atoms in total. The molecule has 0 saturated carbocycles. The largest absolute Gasteiger partial charge is 0.298 e. The van der Waals surface area contributed by atoms with Gasteiger partial charge in [-0.1, -0.05) is 6.92 Å². The summed E-state index contributed by atoms with van der Waals surface area (Å²) in [6, 6.07) is 0.540. The summed E-state index contributed by atoms with van der Waals surface area (Å²) in [6.45, 7) is 6.40. The molecule has 0 aromatic carbocycles. The zero-order chi connectivity index (χ0) is 7.28. The molecule has 0 bridgehead atoms. The smallest absolute Gasteiger partial charge is 0.0731 e. The molecule has 0 heterocycles. The summed E-state index contributed by atoms with van der Waals surface area (Å²) in [5, 5.41) is 7.45. The van der Waals surface area contributed by atoms with Crippen molar-refractivity contribution in [2.45, 2.75) is 39.4 Å². The van der Waals surface area contributed by atoms with Crippen molar-refractivity contribution in [1.82, 2.24) is 10.6 Å². The molecular formula is C7H17N2. The van der Waals surface area contributed by atoms with Crippen LogP contribution >= 0.6 is 0 Å². The van der Waals surface area contributed by atoms with Gasteiger partial charge in [0.15, 0.2) is 0 Å². The van der Waals surface area contributed by atoms with Crippen molar-refractivity contribution in [2.24, 2.45) is 0 Å². The van der Waals surface area contributed by atoms with Crippen LogP contribution in [-0.2, 0) is 0 Å². The molecular weight excluding hydrogens is 112 g/mol. The summed E-state index contributed by atoms with van der Waals surface area (Å²) in [4.78, 5) is 0. The minimum Gasteiger partial charge on any atom is -0.298 e. The van der Waals surface area contributed by atoms with E-state index in [0.29, 0.717) is 12.2 Å². The molecule has 55 valence electrons. The highest BCUT2D eigenvalue weighted by atomic mass is 15.1. The molecule has 0 aliphatic carbocycles. The summed E-state index contributed by atoms with van der Waals surface area (Å²) in [7, 11) is 1.85. The van der Waals surface area contributed by atoms with E-state index in [1.165, 1.54) is 0 Å². The average molecular weight is 129 g/mol. The summed E-state index contributed by atoms with van der Waals surface area (Å²) < 4.78 is 0. The Kier molecular flexibility index (Phi) is 4.72. The predicted octanol–water partition coefficient (Wildman–Crippen LogP) is 0.955. The van der Waals surface area contributed by atoms with Crippen LogP contribution in [0.3, 0.4) is 0 Å². The highest BCUT2D eigenvalue weighted by Crippen LogP contribution is 1.88. The Bertz CT molecular complexity index is 57.9. The third-order valence-electron chi connectivity index (χ3n) is 1.22. The Morgan fingerprint density at radius 2 is 2.00 bits per heavy atom. The van der Waals surface area contributed by atoms with Crippen molar-refractivity contribution in [3.63, 3.8) is 0 Å². The van der Waals surface area contributed by atoms with Gasteiger partial charge in [0, 0.05) is 13.1 Å². The van der Waals surface area contributed by atoms with E-state index in [1.54, 1.807) is 0 Å². The third-order valence-corrected chi connectivity index (χ3v) is 1.22. The van der Waals surface area contributed by atoms with Gasteiger partial charge in [0.1, 0.15) is 0 Å². The van der Waals surface area contributed by atoms with Gasteiger partial charge in [0.2, 0.25) is 0 Å². The summed E-state index contributed by atoms with van der Waals surface area (Å²) in [5.74, 6) is 0. The summed E-state index contributed by atoms with van der Waals surface area (Å²) in [5.41, 5.74) is 0. The molecule has 0 rings (SSSR count). The molecule has 0 aliphatic rings. The fourth-order valence-electron chi connectivity index (χ4n) is 0.760. The van der Waals surface area contributed by atoms with E-state index < -0.39 is 0 Å². The second kappa shape index (κ2) is 4.77. The van der Waals surface area contributed by atoms with Crippen LogP contribution in [0.2, 0.25) is 0 Å². The van der Waals surface area contributed by atoms with Crippen molar-refractivity contribution in [2.75, 3.05) is 7.05 Å². The van der Waals surface area contributed by atoms with Crippen LogP contribution < -0.4 is 10.6 Å². The van der Waals surface area contributed by atoms with Crippen molar-refractivity contribution in [3.8, 4) is 0 Å². The maximum Gasteiger partial charge on any atom is 0.0731 e. The normalized spacial score (nSPS) is 14.3. The highest BCUT2D eigenvalue weighted by molar-refractivity contribution is 4.61. The van der Waals surface area contributed by atoms with E-state index in [0.717, 1.165) is 6.42 Å². The minimum atomic E-state index is 0.352. The van der Waals surface area contributed by atoms with Crippen LogP contribution in [0.5, 0.6) is 0 Å². The summed E-state index contributed by atoms with van der Waals surface area (Å²) >= 11 is 0. The molecule has 0 amide bonds. The first-order chi connectivity index (χ1) is 4.20. The van der Waals surface area contributed by atoms with Crippen molar-refractivity contribution in [1.29, 1.82) is 0 Å². The van der Waals surface area contributed by atoms with Gasteiger partial charge < -0.3 is 0 Å². The maximum atomic E-state index is 4.14. The lowest BCUT2D eigenvalue weighted by Crippen LogP contribution is -2.39. The highest BCUT2D eigenvalue weighted by Gasteiger charge is 2.02. The first-order valence-electron chi connectivity index (χ1n) is 3.55. The fraction of sp³-hybridized carbons (Fsp3) is 1.00. The molecule has 9 heavy (non-hydrogen) atoms. The number of rotatable bonds is 4. The Labute approximate surface area is 58.0 Å². The Morgan fingerprint density at radius 1 is 1.44 bits per heavy atom. The molecule has 0 fully saturated rings. The van der Waals surface area contributed by atoms with E-state index in [4.69, 9.17) is 0 Å². The van der Waals surface area contributed by atoms with E-state index in [2.05, 4.69) is 31.4 Å². The van der Waals surface area contributed by atoms with Gasteiger partial charge in [-0.2, -0.15) is 0 Å². The molecule has 1 radical (unpaired) electrons. The quantitative estimate of drug-likeness (QED) is 0.601. The minimum absolute atomic E-state index is 0.352. The monoisotopic (exact) mass is 129 g/mol. The van der Waals surface area contributed by atoms with Crippen LogP contribution in [-0.4, -0.2) is 19.3 Å². The van der Waals surface area contributed by atoms with Crippen molar-refractivity contribution >= 4 is 0 Å². The molecule has 0 aromatic heterocycles. The second-order valence-corrected chi connectivity index (χ2v) is 2.50. The molecule has 2 heteroatoms. The van der Waals surface area contributed by atoms with Gasteiger partial charge in [-0.3, -0.25) is 5.32 Å². The zero-order valence-electron chi connectivity index (χ0n) is 6.81. The van der Waals surface area contributed by atoms with Crippen LogP contribution in [0.1, 0.15) is 27.2 Å². The molecule has 0 aliphatic heterocycles. The average Bonchev–Trinajstić information content (AvgIpc) is 1.82. The van der Waals surface area contributed by atoms with E-state index >= 15 is 0 Å². The van der Waals surface area contributed by atoms with Gasteiger partial charge in [0.25, 0.3) is 0 Å². The number of hydrogen-bond acceptors (Lipinski definition) is 1. The fourth-order valence-corrected chi connectivity index (χ4v) is 0.760. The SMILES string of the molecule is CCC([N]C)NC(C)C. The molecule has 1 unspecified atom stereocenters. The first-order valence-corrected chi connectivity index (χ1v) is 3.55. The van der Waals surface area contributed by atoms with Gasteiger partial charge in [0.05, 0.1) is 6.17 Å². The second-order valence-electron chi connectivity index (χ2n) is 2.50.